The molecular weight excluding hydrogens is 666 g/mol. The van der Waals surface area contributed by atoms with Crippen LogP contribution in [0.3, 0.4) is 0 Å². The van der Waals surface area contributed by atoms with Gasteiger partial charge in [0.25, 0.3) is 0 Å². The van der Waals surface area contributed by atoms with Gasteiger partial charge in [-0.05, 0) is 58.2 Å². The maximum atomic E-state index is 13.7. The number of unbranched alkanes of at least 4 members (excludes halogenated alkanes) is 1. The lowest BCUT2D eigenvalue weighted by Gasteiger charge is -2.42. The van der Waals surface area contributed by atoms with Crippen molar-refractivity contribution >= 4 is 34.5 Å². The van der Waals surface area contributed by atoms with E-state index in [0.29, 0.717) is 18.4 Å². The molecule has 0 aromatic heterocycles. The van der Waals surface area contributed by atoms with Crippen molar-refractivity contribution in [2.24, 2.45) is 11.8 Å². The average molecular weight is 720 g/mol. The van der Waals surface area contributed by atoms with Crippen molar-refractivity contribution in [2.45, 2.75) is 89.6 Å². The molecule has 0 spiro atoms. The molecule has 0 radical (unpaired) electrons. The molecule has 0 aliphatic carbocycles. The van der Waals surface area contributed by atoms with Crippen LogP contribution in [-0.4, -0.2) is 77.8 Å². The van der Waals surface area contributed by atoms with Crippen LogP contribution in [-0.2, 0) is 38.1 Å². The second-order valence-electron chi connectivity index (χ2n) is 12.2. The number of carbonyl (C=O) groups excluding carboxylic acids is 4. The van der Waals surface area contributed by atoms with E-state index in [2.05, 4.69) is 12.2 Å². The zero-order valence-corrected chi connectivity index (χ0v) is 31.0. The van der Waals surface area contributed by atoms with Crippen molar-refractivity contribution in [1.29, 1.82) is 0 Å². The quantitative estimate of drug-likeness (QED) is 0.0936. The van der Waals surface area contributed by atoms with Crippen LogP contribution in [0.5, 0.6) is 5.75 Å². The Morgan fingerprint density at radius 3 is 1.74 bits per heavy atom. The largest absolute Gasteiger partial charge is 0.496 e. The lowest BCUT2D eigenvalue weighted by atomic mass is 9.75. The Morgan fingerprint density at radius 1 is 0.820 bits per heavy atom. The van der Waals surface area contributed by atoms with Crippen LogP contribution >= 0.6 is 10.6 Å². The summed E-state index contributed by atoms with van der Waals surface area (Å²) < 4.78 is 51.5. The number of hydrogen-bond acceptors (Lipinski definition) is 12. The van der Waals surface area contributed by atoms with E-state index in [-0.39, 0.29) is 48.4 Å². The van der Waals surface area contributed by atoms with Crippen molar-refractivity contribution < 1.29 is 52.0 Å². The van der Waals surface area contributed by atoms with E-state index in [4.69, 9.17) is 23.7 Å². The summed E-state index contributed by atoms with van der Waals surface area (Å²) in [6.45, 7) is 9.82. The third kappa shape index (κ3) is 9.17. The van der Waals surface area contributed by atoms with Gasteiger partial charge in [-0.1, -0.05) is 57.0 Å². The smallest absolute Gasteiger partial charge is 0.320 e. The van der Waals surface area contributed by atoms with Gasteiger partial charge >= 0.3 is 23.9 Å². The highest BCUT2D eigenvalue weighted by Crippen LogP contribution is 2.59. The molecule has 0 amide bonds. The van der Waals surface area contributed by atoms with Gasteiger partial charge in [0, 0.05) is 22.6 Å². The molecule has 2 atom stereocenters. The van der Waals surface area contributed by atoms with Gasteiger partial charge in [-0.25, -0.2) is 0 Å². The summed E-state index contributed by atoms with van der Waals surface area (Å²) in [6, 6.07) is 12.1. The first-order valence-electron chi connectivity index (χ1n) is 17.4. The van der Waals surface area contributed by atoms with Crippen molar-refractivity contribution in [2.75, 3.05) is 39.3 Å². The maximum Gasteiger partial charge on any atom is 0.320 e. The molecule has 2 aromatic carbocycles. The SMILES string of the molecule is CCCCC1(CC)CS(O)(O)c2cc(C(C(C(=O)OCC)C(=O)OCC)C(C(=O)OCC)C(=O)OCC)c(OC)cc2C(c2ccccc2)N1. The van der Waals surface area contributed by atoms with Crippen molar-refractivity contribution in [3.63, 3.8) is 0 Å². The minimum Gasteiger partial charge on any atom is -0.496 e. The molecule has 278 valence electrons. The Morgan fingerprint density at radius 2 is 1.32 bits per heavy atom. The van der Waals surface area contributed by atoms with Crippen LogP contribution in [0.4, 0.5) is 0 Å². The molecule has 1 aliphatic rings. The van der Waals surface area contributed by atoms with Crippen LogP contribution in [0.2, 0.25) is 0 Å². The van der Waals surface area contributed by atoms with E-state index in [9.17, 15) is 28.3 Å². The highest BCUT2D eigenvalue weighted by molar-refractivity contribution is 8.24. The lowest BCUT2D eigenvalue weighted by molar-refractivity contribution is -0.169. The fourth-order valence-electron chi connectivity index (χ4n) is 6.63. The zero-order valence-electron chi connectivity index (χ0n) is 30.2. The third-order valence-electron chi connectivity index (χ3n) is 9.01. The topological polar surface area (TPSA) is 167 Å². The predicted molar refractivity (Wildman–Crippen MR) is 189 cm³/mol. The van der Waals surface area contributed by atoms with Crippen LogP contribution < -0.4 is 10.1 Å². The van der Waals surface area contributed by atoms with E-state index < -0.39 is 63.8 Å². The number of methoxy groups -OCH3 is 1. The van der Waals surface area contributed by atoms with Gasteiger partial charge in [0.05, 0.1) is 50.2 Å². The van der Waals surface area contributed by atoms with Crippen molar-refractivity contribution in [3.05, 3.63) is 59.2 Å². The van der Waals surface area contributed by atoms with Crippen LogP contribution in [0.15, 0.2) is 47.4 Å². The van der Waals surface area contributed by atoms with Gasteiger partial charge in [0.2, 0.25) is 0 Å². The molecule has 0 saturated carbocycles. The zero-order chi connectivity index (χ0) is 37.1. The molecule has 13 heteroatoms. The Hall–Kier alpha value is -3.65. The Labute approximate surface area is 296 Å². The Bertz CT molecular complexity index is 1390. The molecule has 3 rings (SSSR count). The maximum absolute atomic E-state index is 13.7. The normalized spacial score (nSPS) is 18.9. The van der Waals surface area contributed by atoms with Crippen molar-refractivity contribution in [1.82, 2.24) is 5.32 Å². The van der Waals surface area contributed by atoms with Crippen LogP contribution in [0.1, 0.15) is 95.9 Å². The van der Waals surface area contributed by atoms with Crippen LogP contribution in [0.25, 0.3) is 0 Å². The van der Waals surface area contributed by atoms with Crippen molar-refractivity contribution in [3.8, 4) is 5.75 Å². The van der Waals surface area contributed by atoms with Gasteiger partial charge in [-0.2, -0.15) is 10.6 Å². The first kappa shape index (κ1) is 40.8. The molecule has 2 aromatic rings. The summed E-state index contributed by atoms with van der Waals surface area (Å²) in [6.07, 6.45) is 3.00. The summed E-state index contributed by atoms with van der Waals surface area (Å²) in [7, 11) is -2.24. The fourth-order valence-corrected chi connectivity index (χ4v) is 8.86. The summed E-state index contributed by atoms with van der Waals surface area (Å²) in [5.41, 5.74) is 0.680. The third-order valence-corrected chi connectivity index (χ3v) is 11.0. The number of ether oxygens (including phenoxy) is 5. The van der Waals surface area contributed by atoms with Gasteiger partial charge in [-0.15, -0.1) is 0 Å². The Balaban J connectivity index is 2.51. The average Bonchev–Trinajstić information content (AvgIpc) is 3.18. The van der Waals surface area contributed by atoms with Crippen LogP contribution in [0, 0.1) is 11.8 Å². The predicted octanol–water partition coefficient (Wildman–Crippen LogP) is 6.40. The first-order chi connectivity index (χ1) is 23.9. The molecule has 1 aliphatic heterocycles. The van der Waals surface area contributed by atoms with E-state index >= 15 is 0 Å². The van der Waals surface area contributed by atoms with E-state index in [1.165, 1.54) is 13.2 Å². The number of fused-ring (bicyclic) bond motifs is 1. The lowest BCUT2D eigenvalue weighted by Crippen LogP contribution is -2.49. The second-order valence-corrected chi connectivity index (χ2v) is 14.2. The number of benzene rings is 2. The summed E-state index contributed by atoms with van der Waals surface area (Å²) >= 11 is 0. The van der Waals surface area contributed by atoms with E-state index in [1.807, 2.05) is 37.3 Å². The molecule has 50 heavy (non-hydrogen) atoms. The minimum absolute atomic E-state index is 0.00723. The monoisotopic (exact) mass is 719 g/mol. The minimum atomic E-state index is -3.61. The highest BCUT2D eigenvalue weighted by atomic mass is 32.3. The van der Waals surface area contributed by atoms with E-state index in [0.717, 1.165) is 18.4 Å². The second kappa shape index (κ2) is 18.5. The molecular formula is C37H53NO11S. The molecule has 1 heterocycles. The van der Waals surface area contributed by atoms with Gasteiger partial charge in [0.1, 0.15) is 5.75 Å². The number of hydrogen-bond donors (Lipinski definition) is 3. The van der Waals surface area contributed by atoms with E-state index in [1.54, 1.807) is 33.8 Å². The fraction of sp³-hybridized carbons (Fsp3) is 0.568. The Kier molecular flexibility index (Phi) is 15.1. The number of rotatable bonds is 17. The van der Waals surface area contributed by atoms with Gasteiger partial charge in [-0.3, -0.25) is 33.6 Å². The first-order valence-corrected chi connectivity index (χ1v) is 19.1. The summed E-state index contributed by atoms with van der Waals surface area (Å²) in [5, 5.41) is 3.78. The van der Waals surface area contributed by atoms with Gasteiger partial charge < -0.3 is 23.7 Å². The summed E-state index contributed by atoms with van der Waals surface area (Å²) in [4.78, 5) is 54.9. The molecule has 12 nitrogen and oxygen atoms in total. The number of esters is 4. The summed E-state index contributed by atoms with van der Waals surface area (Å²) in [5.74, 6) is -9.52. The molecule has 0 bridgehead atoms. The molecule has 2 unspecified atom stereocenters. The van der Waals surface area contributed by atoms with Gasteiger partial charge in [0.15, 0.2) is 11.8 Å². The molecule has 0 fully saturated rings. The molecule has 0 saturated heterocycles. The number of nitrogens with one attached hydrogen (secondary N) is 1. The molecule has 3 N–H and O–H groups in total. The number of carbonyl (C=O) groups is 4. The highest BCUT2D eigenvalue weighted by Gasteiger charge is 2.52. The standard InChI is InChI=1S/C37H53NO11S/c1-8-14-20-37(9-2)23-50(43,44)28-22-25(27(45-7)21-26(28)32(38-37)24-18-16-15-17-19-24)29(30(33(39)46-10-3)34(40)47-11-4)31(35(41)48-12-5)36(42)49-13-6/h15-19,21-22,29-32,38,43-44H,8-14,20,23H2,1-7H3.